The van der Waals surface area contributed by atoms with Crippen LogP contribution >= 0.6 is 0 Å². The Balaban J connectivity index is 0.727. The van der Waals surface area contributed by atoms with Crippen molar-refractivity contribution in [3.63, 3.8) is 0 Å². The van der Waals surface area contributed by atoms with Gasteiger partial charge in [0.25, 0.3) is 5.91 Å². The topological polar surface area (TPSA) is 175 Å². The molecule has 0 spiro atoms. The summed E-state index contributed by atoms with van der Waals surface area (Å²) in [5, 5.41) is 22.6. The number of nitrogens with one attached hydrogen (secondary N) is 1. The Labute approximate surface area is 367 Å². The fourth-order valence-corrected chi connectivity index (χ4v) is 10.2. The lowest BCUT2D eigenvalue weighted by atomic mass is 9.85. The van der Waals surface area contributed by atoms with Crippen molar-refractivity contribution in [2.45, 2.75) is 89.0 Å². The molecule has 5 aromatic rings. The van der Waals surface area contributed by atoms with Gasteiger partial charge < -0.3 is 29.9 Å². The zero-order valence-corrected chi connectivity index (χ0v) is 36.0. The summed E-state index contributed by atoms with van der Waals surface area (Å²) in [4.78, 5) is 51.3. The summed E-state index contributed by atoms with van der Waals surface area (Å²) in [5.41, 5.74) is 13.0. The number of amides is 4. The van der Waals surface area contributed by atoms with Crippen molar-refractivity contribution >= 4 is 46.1 Å². The number of piperazine rings is 1. The lowest BCUT2D eigenvalue weighted by Crippen LogP contribution is -2.50. The molecule has 63 heavy (non-hydrogen) atoms. The van der Waals surface area contributed by atoms with Gasteiger partial charge in [0.05, 0.1) is 35.4 Å². The average Bonchev–Trinajstić information content (AvgIpc) is 4.08. The van der Waals surface area contributed by atoms with Gasteiger partial charge in [-0.1, -0.05) is 24.3 Å². The Bertz CT molecular complexity index is 2520. The highest BCUT2D eigenvalue weighted by Crippen LogP contribution is 2.46. The van der Waals surface area contributed by atoms with E-state index in [9.17, 15) is 19.5 Å². The van der Waals surface area contributed by atoms with Gasteiger partial charge in [-0.3, -0.25) is 24.7 Å². The molecule has 3 aliphatic heterocycles. The average molecular weight is 853 g/mol. The SMILES string of the molecule is C[C@@H]1O[C@H](c2ccc(C(=O)N3CCN(CC4CCC(n5cc(C6CC6)c6cc(N7CCC(=O)NC7=O)cnc65)CC4)CC3)cc2)CN(c2cc(-c3ccccc3O)nnc2N)[C@@H]1C. The highest BCUT2D eigenvalue weighted by molar-refractivity contribution is 6.06. The first-order chi connectivity index (χ1) is 30.6. The number of hydrogen-bond donors (Lipinski definition) is 3. The Morgan fingerprint density at radius 3 is 2.41 bits per heavy atom. The van der Waals surface area contributed by atoms with Crippen molar-refractivity contribution in [1.82, 2.24) is 34.9 Å². The molecule has 4 N–H and O–H groups in total. The molecule has 6 heterocycles. The van der Waals surface area contributed by atoms with E-state index < -0.39 is 0 Å². The first-order valence-electron chi connectivity index (χ1n) is 22.6. The number of fused-ring (bicyclic) bond motifs is 1. The van der Waals surface area contributed by atoms with Crippen LogP contribution < -0.4 is 20.9 Å². The van der Waals surface area contributed by atoms with Crippen LogP contribution in [0.1, 0.15) is 98.3 Å². The fraction of sp³-hybridized carbons (Fsp3) is 0.458. The van der Waals surface area contributed by atoms with Crippen molar-refractivity contribution in [2.75, 3.05) is 61.3 Å². The van der Waals surface area contributed by atoms with Crippen molar-refractivity contribution in [3.05, 3.63) is 89.7 Å². The molecule has 0 bridgehead atoms. The minimum atomic E-state index is -0.379. The summed E-state index contributed by atoms with van der Waals surface area (Å²) in [6.07, 6.45) is 10.9. The van der Waals surface area contributed by atoms with Crippen LogP contribution in [0.15, 0.2) is 73.1 Å². The number of nitrogens with two attached hydrogens (primary N) is 1. The van der Waals surface area contributed by atoms with E-state index in [1.54, 1.807) is 23.2 Å². The van der Waals surface area contributed by atoms with Gasteiger partial charge in [0.15, 0.2) is 5.82 Å². The van der Waals surface area contributed by atoms with Crippen LogP contribution in [0.3, 0.4) is 0 Å². The van der Waals surface area contributed by atoms with Gasteiger partial charge >= 0.3 is 6.03 Å². The Morgan fingerprint density at radius 1 is 0.921 bits per heavy atom. The number of pyridine rings is 1. The number of phenols is 1. The zero-order valence-electron chi connectivity index (χ0n) is 36.0. The van der Waals surface area contributed by atoms with Crippen LogP contribution in [0.25, 0.3) is 22.3 Å². The summed E-state index contributed by atoms with van der Waals surface area (Å²) in [6.45, 7) is 9.26. The number of ether oxygens (including phenoxy) is 1. The molecule has 0 radical (unpaired) electrons. The summed E-state index contributed by atoms with van der Waals surface area (Å²) >= 11 is 0. The monoisotopic (exact) mass is 852 g/mol. The lowest BCUT2D eigenvalue weighted by molar-refractivity contribution is -0.120. The summed E-state index contributed by atoms with van der Waals surface area (Å²) in [5.74, 6) is 1.43. The predicted octanol–water partition coefficient (Wildman–Crippen LogP) is 6.65. The number of imide groups is 1. The Morgan fingerprint density at radius 2 is 1.68 bits per heavy atom. The van der Waals surface area contributed by atoms with Gasteiger partial charge in [0.1, 0.15) is 17.5 Å². The first-order valence-corrected chi connectivity index (χ1v) is 22.6. The maximum atomic E-state index is 13.7. The molecule has 4 amide bonds. The normalized spacial score (nSPS) is 24.8. The molecule has 0 unspecified atom stereocenters. The maximum absolute atomic E-state index is 13.7. The van der Waals surface area contributed by atoms with E-state index in [2.05, 4.69) is 56.0 Å². The molecule has 10 rings (SSSR count). The number of aromatic nitrogens is 4. The van der Waals surface area contributed by atoms with E-state index in [0.29, 0.717) is 73.1 Å². The molecular weight excluding hydrogens is 797 g/mol. The molecule has 5 fully saturated rings. The molecule has 3 atom stereocenters. The fourth-order valence-electron chi connectivity index (χ4n) is 10.2. The van der Waals surface area contributed by atoms with Crippen LogP contribution in [0.4, 0.5) is 22.0 Å². The van der Waals surface area contributed by atoms with Crippen LogP contribution in [0.2, 0.25) is 0 Å². The van der Waals surface area contributed by atoms with E-state index >= 15 is 0 Å². The molecule has 15 nitrogen and oxygen atoms in total. The molecule has 3 saturated heterocycles. The molecule has 2 aromatic carbocycles. The smallest absolute Gasteiger partial charge is 0.328 e. The van der Waals surface area contributed by atoms with Gasteiger partial charge in [0.2, 0.25) is 5.91 Å². The number of anilines is 3. The molecule has 5 aliphatic rings. The lowest BCUT2D eigenvalue weighted by Gasteiger charge is -2.43. The van der Waals surface area contributed by atoms with Gasteiger partial charge in [-0.25, -0.2) is 9.78 Å². The number of phenolic OH excluding ortho intramolecular Hbond substituents is 1. The van der Waals surface area contributed by atoms with E-state index in [4.69, 9.17) is 15.5 Å². The number of hydrogen-bond acceptors (Lipinski definition) is 11. The molecule has 328 valence electrons. The summed E-state index contributed by atoms with van der Waals surface area (Å²) < 4.78 is 8.91. The van der Waals surface area contributed by atoms with Crippen LogP contribution in [-0.2, 0) is 9.53 Å². The molecule has 2 saturated carbocycles. The standard InChI is InChI=1S/C48H56N10O5/c1-29-30(2)63-43(28-57(29)41-24-40(52-53-45(41)49)37-5-3-4-6-42(37)59)33-11-13-34(14-12-33)47(61)55-21-19-54(20-22-55)26-31-7-15-35(16-8-31)58-27-39(32-9-10-32)38-23-36(25-50-46(38)58)56-18-17-44(60)51-48(56)62/h3-6,11-14,23-25,27,29-32,35,43,59H,7-10,15-22,26,28H2,1-2H3,(H2,49,53)(H,51,60,62)/t29-,30+,31?,35?,43+/m1/s1. The second kappa shape index (κ2) is 16.9. The van der Waals surface area contributed by atoms with Gasteiger partial charge in [-0.05, 0) is 112 Å². The van der Waals surface area contributed by atoms with E-state index in [0.717, 1.165) is 73.3 Å². The van der Waals surface area contributed by atoms with Crippen molar-refractivity contribution in [2.24, 2.45) is 5.92 Å². The molecular formula is C48H56N10O5. The van der Waals surface area contributed by atoms with E-state index in [1.165, 1.54) is 18.4 Å². The number of carbonyl (C=O) groups is 3. The highest BCUT2D eigenvalue weighted by Gasteiger charge is 2.36. The molecule has 3 aromatic heterocycles. The number of para-hydroxylation sites is 1. The highest BCUT2D eigenvalue weighted by atomic mass is 16.5. The minimum absolute atomic E-state index is 0.00631. The second-order valence-electron chi connectivity index (χ2n) is 18.2. The third kappa shape index (κ3) is 8.19. The maximum Gasteiger partial charge on any atom is 0.328 e. The van der Waals surface area contributed by atoms with Gasteiger partial charge in [-0.2, -0.15) is 0 Å². The Kier molecular flexibility index (Phi) is 11.0. The quantitative estimate of drug-likeness (QED) is 0.145. The van der Waals surface area contributed by atoms with Gasteiger partial charge in [0, 0.05) is 81.0 Å². The minimum Gasteiger partial charge on any atom is -0.507 e. The first kappa shape index (κ1) is 41.0. The van der Waals surface area contributed by atoms with Crippen molar-refractivity contribution in [1.29, 1.82) is 0 Å². The van der Waals surface area contributed by atoms with Crippen molar-refractivity contribution < 1.29 is 24.2 Å². The predicted molar refractivity (Wildman–Crippen MR) is 241 cm³/mol. The number of rotatable bonds is 9. The summed E-state index contributed by atoms with van der Waals surface area (Å²) in [6, 6.07) is 18.9. The molecule has 2 aliphatic carbocycles. The van der Waals surface area contributed by atoms with Crippen molar-refractivity contribution in [3.8, 4) is 17.0 Å². The zero-order chi connectivity index (χ0) is 43.4. The van der Waals surface area contributed by atoms with Crippen LogP contribution in [0.5, 0.6) is 5.75 Å². The number of benzene rings is 2. The number of aromatic hydroxyl groups is 1. The van der Waals surface area contributed by atoms with Gasteiger partial charge in [-0.15, -0.1) is 10.2 Å². The Hall–Kier alpha value is -6.06. The second-order valence-corrected chi connectivity index (χ2v) is 18.2. The summed E-state index contributed by atoms with van der Waals surface area (Å²) in [7, 11) is 0. The largest absolute Gasteiger partial charge is 0.507 e. The number of morpholine rings is 1. The number of urea groups is 1. The van der Waals surface area contributed by atoms with E-state index in [1.807, 2.05) is 47.4 Å². The number of nitrogens with zero attached hydrogens (tertiary/aromatic N) is 8. The molecule has 15 heteroatoms. The third-order valence-corrected chi connectivity index (χ3v) is 14.2. The van der Waals surface area contributed by atoms with Crippen LogP contribution in [-0.4, -0.2) is 110 Å². The number of carbonyl (C=O) groups excluding carboxylic acids is 3. The third-order valence-electron chi connectivity index (χ3n) is 14.2. The number of nitrogen functional groups attached to an aromatic ring is 1. The van der Waals surface area contributed by atoms with Crippen LogP contribution in [0, 0.1) is 5.92 Å². The van der Waals surface area contributed by atoms with E-state index in [-0.39, 0.29) is 41.8 Å².